The number of benzene rings is 3. The maximum Gasteiger partial charge on any atom is 0.315 e. The second-order valence-corrected chi connectivity index (χ2v) is 14.7. The highest BCUT2D eigenvalue weighted by molar-refractivity contribution is 5.73. The van der Waals surface area contributed by atoms with Crippen LogP contribution in [0, 0.1) is 16.7 Å². The number of aliphatic hydroxyl groups excluding tert-OH is 1. The Morgan fingerprint density at radius 2 is 1.47 bits per heavy atom. The Labute approximate surface area is 268 Å². The molecule has 7 heteroatoms. The molecule has 7 nitrogen and oxygen atoms in total. The van der Waals surface area contributed by atoms with Crippen molar-refractivity contribution in [2.45, 2.75) is 91.2 Å². The average molecular weight is 612 g/mol. The molecule has 3 aromatic carbocycles. The number of nitrogens with zero attached hydrogens (tertiary/aromatic N) is 1. The summed E-state index contributed by atoms with van der Waals surface area (Å²) >= 11 is 0. The van der Waals surface area contributed by atoms with Crippen molar-refractivity contribution in [3.8, 4) is 0 Å². The third-order valence-corrected chi connectivity index (χ3v) is 10.1. The van der Waals surface area contributed by atoms with Gasteiger partial charge < -0.3 is 25.2 Å². The number of fused-ring (bicyclic) bond motifs is 2. The lowest BCUT2D eigenvalue weighted by atomic mass is 9.65. The Kier molecular flexibility index (Phi) is 9.34. The van der Waals surface area contributed by atoms with Crippen molar-refractivity contribution in [3.63, 3.8) is 0 Å². The highest BCUT2D eigenvalue weighted by atomic mass is 16.7. The number of urea groups is 1. The van der Waals surface area contributed by atoms with Crippen LogP contribution in [0.3, 0.4) is 0 Å². The fraction of sp³-hybridized carbons (Fsp3) is 0.500. The van der Waals surface area contributed by atoms with Crippen LogP contribution in [0.1, 0.15) is 87.2 Å². The van der Waals surface area contributed by atoms with Crippen LogP contribution in [-0.4, -0.2) is 41.3 Å². The van der Waals surface area contributed by atoms with Gasteiger partial charge in [0, 0.05) is 43.7 Å². The molecule has 2 bridgehead atoms. The van der Waals surface area contributed by atoms with Crippen molar-refractivity contribution in [3.05, 3.63) is 107 Å². The number of carbonyl (C=O) groups excluding carboxylic acids is 1. The number of likely N-dealkylation sites (tertiary alicyclic amines) is 1. The van der Waals surface area contributed by atoms with Crippen LogP contribution >= 0.6 is 0 Å². The van der Waals surface area contributed by atoms with E-state index in [9.17, 15) is 9.90 Å². The molecule has 0 aromatic heterocycles. The molecule has 6 unspecified atom stereocenters. The summed E-state index contributed by atoms with van der Waals surface area (Å²) in [6.07, 6.45) is 3.14. The molecule has 2 saturated heterocycles. The van der Waals surface area contributed by atoms with Crippen LogP contribution in [0.4, 0.5) is 4.79 Å². The number of hydrogen-bond donors (Lipinski definition) is 3. The molecule has 2 heterocycles. The zero-order valence-corrected chi connectivity index (χ0v) is 27.2. The average Bonchev–Trinajstić information content (AvgIpc) is 3.27. The number of nitrogens with one attached hydrogen (secondary N) is 2. The second-order valence-electron chi connectivity index (χ2n) is 14.7. The highest BCUT2D eigenvalue weighted by Crippen LogP contribution is 2.53. The standard InChI is InChI=1S/C38H49N3O4/c1-26-33(22-41-25-38(4)19-32(41)18-37(2,3)24-38)44-35(45-34(26)30-14-12-29(23-42)13-15-30)31-16-10-28(11-17-31)21-40-36(43)39-20-27-8-6-5-7-9-27/h5-17,26,32-35,42H,18-25H2,1-4H3,(H2,39,40,43). The molecule has 240 valence electrons. The van der Waals surface area contributed by atoms with Crippen LogP contribution in [-0.2, 0) is 29.2 Å². The van der Waals surface area contributed by atoms with Gasteiger partial charge in [-0.2, -0.15) is 0 Å². The van der Waals surface area contributed by atoms with E-state index < -0.39 is 6.29 Å². The topological polar surface area (TPSA) is 83.1 Å². The van der Waals surface area contributed by atoms with Gasteiger partial charge in [0.2, 0.25) is 0 Å². The molecule has 0 spiro atoms. The fourth-order valence-corrected chi connectivity index (χ4v) is 8.17. The van der Waals surface area contributed by atoms with E-state index in [0.717, 1.165) is 40.9 Å². The molecular formula is C38H49N3O4. The summed E-state index contributed by atoms with van der Waals surface area (Å²) in [5.74, 6) is 0.153. The number of carbonyl (C=O) groups is 1. The van der Waals surface area contributed by atoms with Crippen LogP contribution in [0.5, 0.6) is 0 Å². The SMILES string of the molecule is CC1C(CN2CC3(C)CC2CC(C)(C)C3)OC(c2ccc(CNC(=O)NCc3ccccc3)cc2)OC1c1ccc(CO)cc1. The Balaban J connectivity index is 1.14. The first-order valence-electron chi connectivity index (χ1n) is 16.5. The molecule has 6 atom stereocenters. The molecule has 1 saturated carbocycles. The fourth-order valence-electron chi connectivity index (χ4n) is 8.17. The molecular weight excluding hydrogens is 562 g/mol. The molecule has 6 rings (SSSR count). The monoisotopic (exact) mass is 611 g/mol. The van der Waals surface area contributed by atoms with E-state index in [2.05, 4.69) is 67.5 Å². The van der Waals surface area contributed by atoms with Gasteiger partial charge in [0.15, 0.2) is 6.29 Å². The van der Waals surface area contributed by atoms with Crippen LogP contribution in [0.2, 0.25) is 0 Å². The summed E-state index contributed by atoms with van der Waals surface area (Å²) in [5.41, 5.74) is 5.76. The van der Waals surface area contributed by atoms with Gasteiger partial charge in [-0.3, -0.25) is 4.90 Å². The van der Waals surface area contributed by atoms with Crippen molar-refractivity contribution in [2.24, 2.45) is 16.7 Å². The molecule has 3 N–H and O–H groups in total. The second kappa shape index (κ2) is 13.2. The van der Waals surface area contributed by atoms with Crippen LogP contribution < -0.4 is 10.6 Å². The summed E-state index contributed by atoms with van der Waals surface area (Å²) in [4.78, 5) is 15.1. The third kappa shape index (κ3) is 7.60. The first kappa shape index (κ1) is 31.7. The van der Waals surface area contributed by atoms with Gasteiger partial charge >= 0.3 is 6.03 Å². The molecule has 45 heavy (non-hydrogen) atoms. The zero-order valence-electron chi connectivity index (χ0n) is 27.2. The predicted octanol–water partition coefficient (Wildman–Crippen LogP) is 6.87. The van der Waals surface area contributed by atoms with E-state index in [0.29, 0.717) is 30.0 Å². The minimum absolute atomic E-state index is 0.00647. The van der Waals surface area contributed by atoms with E-state index in [1.54, 1.807) is 0 Å². The number of rotatable bonds is 9. The minimum Gasteiger partial charge on any atom is -0.392 e. The first-order chi connectivity index (χ1) is 21.6. The van der Waals surface area contributed by atoms with Gasteiger partial charge in [0.25, 0.3) is 0 Å². The summed E-state index contributed by atoms with van der Waals surface area (Å²) in [5, 5.41) is 15.5. The Morgan fingerprint density at radius 3 is 2.13 bits per heavy atom. The van der Waals surface area contributed by atoms with Gasteiger partial charge in [-0.05, 0) is 52.3 Å². The van der Waals surface area contributed by atoms with Gasteiger partial charge in [-0.25, -0.2) is 4.79 Å². The number of ether oxygens (including phenoxy) is 2. The van der Waals surface area contributed by atoms with Gasteiger partial charge in [-0.1, -0.05) is 107 Å². The Morgan fingerprint density at radius 1 is 0.844 bits per heavy atom. The van der Waals surface area contributed by atoms with Crippen molar-refractivity contribution >= 4 is 6.03 Å². The summed E-state index contributed by atoms with van der Waals surface area (Å²) in [6.45, 7) is 12.5. The molecule has 3 aromatic rings. The maximum atomic E-state index is 12.4. The minimum atomic E-state index is -0.501. The first-order valence-corrected chi connectivity index (χ1v) is 16.5. The maximum absolute atomic E-state index is 12.4. The largest absolute Gasteiger partial charge is 0.392 e. The van der Waals surface area contributed by atoms with Crippen molar-refractivity contribution in [1.29, 1.82) is 0 Å². The van der Waals surface area contributed by atoms with E-state index in [1.807, 2.05) is 54.6 Å². The lowest BCUT2D eigenvalue weighted by molar-refractivity contribution is -0.276. The highest BCUT2D eigenvalue weighted by Gasteiger charge is 2.51. The van der Waals surface area contributed by atoms with Crippen molar-refractivity contribution in [2.75, 3.05) is 13.1 Å². The molecule has 3 fully saturated rings. The number of hydrogen-bond acceptors (Lipinski definition) is 5. The van der Waals surface area contributed by atoms with E-state index in [-0.39, 0.29) is 30.8 Å². The quantitative estimate of drug-likeness (QED) is 0.246. The van der Waals surface area contributed by atoms with Crippen LogP contribution in [0.25, 0.3) is 0 Å². The third-order valence-electron chi connectivity index (χ3n) is 10.1. The summed E-state index contributed by atoms with van der Waals surface area (Å²) in [6, 6.07) is 26.6. The zero-order chi connectivity index (χ0) is 31.6. The molecule has 3 aliphatic rings. The molecule has 0 radical (unpaired) electrons. The predicted molar refractivity (Wildman–Crippen MR) is 176 cm³/mol. The number of amides is 2. The lowest BCUT2D eigenvalue weighted by Crippen LogP contribution is -2.46. The normalized spacial score (nSPS) is 29.3. The Bertz CT molecular complexity index is 1430. The van der Waals surface area contributed by atoms with E-state index in [4.69, 9.17) is 9.47 Å². The molecule has 1 aliphatic carbocycles. The van der Waals surface area contributed by atoms with Crippen molar-refractivity contribution < 1.29 is 19.4 Å². The van der Waals surface area contributed by atoms with Gasteiger partial charge in [0.05, 0.1) is 18.8 Å². The molecule has 2 aliphatic heterocycles. The van der Waals surface area contributed by atoms with E-state index >= 15 is 0 Å². The van der Waals surface area contributed by atoms with E-state index in [1.165, 1.54) is 19.3 Å². The Hall–Kier alpha value is -3.23. The summed E-state index contributed by atoms with van der Waals surface area (Å²) in [7, 11) is 0. The van der Waals surface area contributed by atoms with Crippen molar-refractivity contribution in [1.82, 2.24) is 15.5 Å². The lowest BCUT2D eigenvalue weighted by Gasteiger charge is -2.43. The van der Waals surface area contributed by atoms with Gasteiger partial charge in [-0.15, -0.1) is 0 Å². The van der Waals surface area contributed by atoms with Crippen LogP contribution in [0.15, 0.2) is 78.9 Å². The smallest absolute Gasteiger partial charge is 0.315 e. The van der Waals surface area contributed by atoms with Gasteiger partial charge in [0.1, 0.15) is 0 Å². The molecule has 2 amide bonds. The summed E-state index contributed by atoms with van der Waals surface area (Å²) < 4.78 is 13.5. The number of aliphatic hydroxyl groups is 1.